The van der Waals surface area contributed by atoms with Crippen LogP contribution < -0.4 is 10.6 Å². The van der Waals surface area contributed by atoms with Crippen molar-refractivity contribution in [3.8, 4) is 0 Å². The highest BCUT2D eigenvalue weighted by atomic mass is 16.2. The van der Waals surface area contributed by atoms with Crippen LogP contribution in [-0.4, -0.2) is 30.9 Å². The van der Waals surface area contributed by atoms with Gasteiger partial charge in [0.15, 0.2) is 0 Å². The molecule has 0 radical (unpaired) electrons. The van der Waals surface area contributed by atoms with Gasteiger partial charge in [-0.05, 0) is 23.5 Å². The molecule has 0 bridgehead atoms. The molecule has 1 aromatic rings. The summed E-state index contributed by atoms with van der Waals surface area (Å²) < 4.78 is 0. The second-order valence-corrected chi connectivity index (χ2v) is 7.14. The standard InChI is InChI=1S/C18H25N3O2/c1-11-14(16(22)21(5)6)15(20-17(23)19-11)12-7-9-13(10-8-12)18(2,3)4/h7-10,15H,1-6H3,(H2,19,20,23). The molecule has 1 heterocycles. The number of nitrogens with one attached hydrogen (secondary N) is 2. The van der Waals surface area contributed by atoms with Gasteiger partial charge < -0.3 is 15.5 Å². The summed E-state index contributed by atoms with van der Waals surface area (Å²) in [6, 6.07) is 7.34. The highest BCUT2D eigenvalue weighted by Gasteiger charge is 2.32. The van der Waals surface area contributed by atoms with Gasteiger partial charge in [0, 0.05) is 19.8 Å². The third-order valence-corrected chi connectivity index (χ3v) is 4.02. The molecule has 0 saturated carbocycles. The van der Waals surface area contributed by atoms with Crippen LogP contribution in [0.5, 0.6) is 0 Å². The number of allylic oxidation sites excluding steroid dienone is 1. The quantitative estimate of drug-likeness (QED) is 0.881. The Morgan fingerprint density at radius 3 is 2.17 bits per heavy atom. The van der Waals surface area contributed by atoms with Crippen molar-refractivity contribution in [2.75, 3.05) is 14.1 Å². The molecule has 0 aliphatic carbocycles. The number of carbonyl (C=O) groups excluding carboxylic acids is 2. The summed E-state index contributed by atoms with van der Waals surface area (Å²) >= 11 is 0. The van der Waals surface area contributed by atoms with E-state index in [9.17, 15) is 9.59 Å². The highest BCUT2D eigenvalue weighted by Crippen LogP contribution is 2.30. The van der Waals surface area contributed by atoms with E-state index in [-0.39, 0.29) is 17.4 Å². The van der Waals surface area contributed by atoms with Crippen LogP contribution in [0.1, 0.15) is 44.9 Å². The van der Waals surface area contributed by atoms with Crippen molar-refractivity contribution in [3.05, 3.63) is 46.7 Å². The lowest BCUT2D eigenvalue weighted by Gasteiger charge is -2.30. The predicted octanol–water partition coefficient (Wildman–Crippen LogP) is 2.70. The van der Waals surface area contributed by atoms with Crippen molar-refractivity contribution >= 4 is 11.9 Å². The first-order valence-corrected chi connectivity index (χ1v) is 7.71. The first-order valence-electron chi connectivity index (χ1n) is 7.71. The second kappa shape index (κ2) is 6.07. The van der Waals surface area contributed by atoms with Gasteiger partial charge in [-0.1, -0.05) is 45.0 Å². The van der Waals surface area contributed by atoms with Crippen LogP contribution in [0.3, 0.4) is 0 Å². The third kappa shape index (κ3) is 3.55. The molecule has 0 spiro atoms. The first kappa shape index (κ1) is 17.1. The maximum absolute atomic E-state index is 12.5. The van der Waals surface area contributed by atoms with Crippen molar-refractivity contribution < 1.29 is 9.59 Å². The Hall–Kier alpha value is -2.30. The lowest BCUT2D eigenvalue weighted by molar-refractivity contribution is -0.125. The number of carbonyl (C=O) groups is 2. The molecule has 0 aromatic heterocycles. The van der Waals surface area contributed by atoms with E-state index in [0.29, 0.717) is 11.3 Å². The van der Waals surface area contributed by atoms with Crippen molar-refractivity contribution in [2.24, 2.45) is 0 Å². The molecular formula is C18H25N3O2. The van der Waals surface area contributed by atoms with Gasteiger partial charge in [0.2, 0.25) is 0 Å². The fourth-order valence-corrected chi connectivity index (χ4v) is 2.64. The first-order chi connectivity index (χ1) is 10.6. The fraction of sp³-hybridized carbons (Fsp3) is 0.444. The number of hydrogen-bond acceptors (Lipinski definition) is 2. The van der Waals surface area contributed by atoms with Gasteiger partial charge in [-0.3, -0.25) is 4.79 Å². The van der Waals surface area contributed by atoms with Crippen LogP contribution in [0, 0.1) is 0 Å². The zero-order chi connectivity index (χ0) is 17.4. The number of amides is 3. The highest BCUT2D eigenvalue weighted by molar-refractivity contribution is 5.98. The van der Waals surface area contributed by atoms with E-state index >= 15 is 0 Å². The lowest BCUT2D eigenvalue weighted by Crippen LogP contribution is -2.46. The van der Waals surface area contributed by atoms with Crippen molar-refractivity contribution in [3.63, 3.8) is 0 Å². The Balaban J connectivity index is 2.44. The molecule has 1 aliphatic heterocycles. The molecule has 5 heteroatoms. The van der Waals surface area contributed by atoms with E-state index in [1.807, 2.05) is 12.1 Å². The predicted molar refractivity (Wildman–Crippen MR) is 90.9 cm³/mol. The molecule has 1 aliphatic rings. The molecule has 1 atom stereocenters. The van der Waals surface area contributed by atoms with Crippen molar-refractivity contribution in [1.82, 2.24) is 15.5 Å². The summed E-state index contributed by atoms with van der Waals surface area (Å²) in [7, 11) is 3.41. The minimum Gasteiger partial charge on any atom is -0.345 e. The number of benzene rings is 1. The molecule has 3 amide bonds. The van der Waals surface area contributed by atoms with E-state index in [4.69, 9.17) is 0 Å². The molecule has 0 saturated heterocycles. The van der Waals surface area contributed by atoms with E-state index in [1.54, 1.807) is 21.0 Å². The van der Waals surface area contributed by atoms with Crippen LogP contribution in [0.15, 0.2) is 35.5 Å². The summed E-state index contributed by atoms with van der Waals surface area (Å²) in [6.45, 7) is 8.21. The van der Waals surface area contributed by atoms with Crippen molar-refractivity contribution in [2.45, 2.75) is 39.2 Å². The average molecular weight is 315 g/mol. The average Bonchev–Trinajstić information content (AvgIpc) is 2.45. The molecule has 0 fully saturated rings. The number of rotatable bonds is 2. The van der Waals surface area contributed by atoms with Gasteiger partial charge >= 0.3 is 6.03 Å². The molecular weight excluding hydrogens is 290 g/mol. The molecule has 1 aromatic carbocycles. The zero-order valence-corrected chi connectivity index (χ0v) is 14.7. The lowest BCUT2D eigenvalue weighted by atomic mass is 9.85. The molecule has 23 heavy (non-hydrogen) atoms. The third-order valence-electron chi connectivity index (χ3n) is 4.02. The van der Waals surface area contributed by atoms with Gasteiger partial charge in [-0.25, -0.2) is 4.79 Å². The number of hydrogen-bond donors (Lipinski definition) is 2. The minimum absolute atomic E-state index is 0.0595. The Bertz CT molecular complexity index is 652. The van der Waals surface area contributed by atoms with Gasteiger partial charge in [-0.15, -0.1) is 0 Å². The fourth-order valence-electron chi connectivity index (χ4n) is 2.64. The summed E-state index contributed by atoms with van der Waals surface area (Å²) in [5.74, 6) is -0.111. The largest absolute Gasteiger partial charge is 0.345 e. The van der Waals surface area contributed by atoms with Gasteiger partial charge in [0.1, 0.15) is 0 Å². The SMILES string of the molecule is CC1=C(C(=O)N(C)C)C(c2ccc(C(C)(C)C)cc2)NC(=O)N1. The van der Waals surface area contributed by atoms with E-state index in [0.717, 1.165) is 5.56 Å². The molecule has 124 valence electrons. The molecule has 2 N–H and O–H groups in total. The number of urea groups is 1. The number of likely N-dealkylation sites (N-methyl/N-ethyl adjacent to an activating group) is 1. The Morgan fingerprint density at radius 1 is 1.13 bits per heavy atom. The van der Waals surface area contributed by atoms with E-state index < -0.39 is 6.04 Å². The van der Waals surface area contributed by atoms with Crippen LogP contribution >= 0.6 is 0 Å². The maximum atomic E-state index is 12.5. The Kier molecular flexibility index (Phi) is 4.50. The van der Waals surface area contributed by atoms with Gasteiger partial charge in [0.25, 0.3) is 5.91 Å². The summed E-state index contributed by atoms with van der Waals surface area (Å²) in [5.41, 5.74) is 3.33. The Morgan fingerprint density at radius 2 is 1.70 bits per heavy atom. The van der Waals surface area contributed by atoms with Crippen LogP contribution in [0.25, 0.3) is 0 Å². The van der Waals surface area contributed by atoms with Crippen LogP contribution in [0.2, 0.25) is 0 Å². The summed E-state index contributed by atoms with van der Waals surface area (Å²) in [5, 5.41) is 5.53. The molecule has 1 unspecified atom stereocenters. The van der Waals surface area contributed by atoms with Gasteiger partial charge in [-0.2, -0.15) is 0 Å². The molecule has 2 rings (SSSR count). The monoisotopic (exact) mass is 315 g/mol. The minimum atomic E-state index is -0.437. The summed E-state index contributed by atoms with van der Waals surface area (Å²) in [6.07, 6.45) is 0. The smallest absolute Gasteiger partial charge is 0.319 e. The topological polar surface area (TPSA) is 61.4 Å². The second-order valence-electron chi connectivity index (χ2n) is 7.14. The molecule has 5 nitrogen and oxygen atoms in total. The van der Waals surface area contributed by atoms with E-state index in [2.05, 4.69) is 43.5 Å². The van der Waals surface area contributed by atoms with E-state index in [1.165, 1.54) is 10.5 Å². The van der Waals surface area contributed by atoms with Crippen molar-refractivity contribution in [1.29, 1.82) is 0 Å². The van der Waals surface area contributed by atoms with Crippen LogP contribution in [0.4, 0.5) is 4.79 Å². The number of nitrogens with zero attached hydrogens (tertiary/aromatic N) is 1. The summed E-state index contributed by atoms with van der Waals surface area (Å²) in [4.78, 5) is 25.9. The van der Waals surface area contributed by atoms with Crippen LogP contribution in [-0.2, 0) is 10.2 Å². The normalized spacial score (nSPS) is 18.3. The Labute approximate surface area is 137 Å². The zero-order valence-electron chi connectivity index (χ0n) is 14.7. The maximum Gasteiger partial charge on any atom is 0.319 e. The van der Waals surface area contributed by atoms with Gasteiger partial charge in [0.05, 0.1) is 11.6 Å².